The van der Waals surface area contributed by atoms with E-state index in [0.717, 1.165) is 0 Å². The lowest BCUT2D eigenvalue weighted by molar-refractivity contribution is -0.119. The quantitative estimate of drug-likeness (QED) is 0.832. The van der Waals surface area contributed by atoms with E-state index in [2.05, 4.69) is 5.18 Å². The summed E-state index contributed by atoms with van der Waals surface area (Å²) in [6, 6.07) is 12.6. The number of carbonyl (C=O) groups is 1. The first-order valence-electron chi connectivity index (χ1n) is 6.19. The molecule has 2 aromatic carbocycles. The second kappa shape index (κ2) is 6.85. The zero-order valence-corrected chi connectivity index (χ0v) is 11.8. The molecule has 1 atom stereocenters. The third-order valence-corrected chi connectivity index (χ3v) is 3.15. The van der Waals surface area contributed by atoms with Crippen LogP contribution in [0.3, 0.4) is 0 Å². The molecule has 0 spiro atoms. The highest BCUT2D eigenvalue weighted by molar-refractivity contribution is 6.30. The molecule has 5 nitrogen and oxygen atoms in total. The van der Waals surface area contributed by atoms with E-state index in [9.17, 15) is 9.70 Å². The van der Waals surface area contributed by atoms with Crippen molar-refractivity contribution >= 4 is 17.5 Å². The minimum Gasteiger partial charge on any atom is -0.489 e. The second-order valence-electron chi connectivity index (χ2n) is 4.36. The Bertz CT molecular complexity index is 661. The van der Waals surface area contributed by atoms with Gasteiger partial charge in [-0.15, -0.1) is 4.91 Å². The zero-order valence-electron chi connectivity index (χ0n) is 11.0. The monoisotopic (exact) mass is 304 g/mol. The number of nitroso groups, excluding NO2 is 1. The molecule has 0 aliphatic rings. The number of carbonyl (C=O) groups excluding carboxylic acids is 1. The minimum absolute atomic E-state index is 0.176. The number of ether oxygens (including phenoxy) is 1. The van der Waals surface area contributed by atoms with Gasteiger partial charge in [0.15, 0.2) is 6.04 Å². The summed E-state index contributed by atoms with van der Waals surface area (Å²) >= 11 is 5.87. The summed E-state index contributed by atoms with van der Waals surface area (Å²) < 4.78 is 5.61. The molecule has 0 saturated carbocycles. The highest BCUT2D eigenvalue weighted by Gasteiger charge is 2.21. The van der Waals surface area contributed by atoms with Gasteiger partial charge in [0, 0.05) is 5.02 Å². The molecule has 6 heteroatoms. The number of nitrogens with two attached hydrogens (primary N) is 1. The third-order valence-electron chi connectivity index (χ3n) is 2.92. The van der Waals surface area contributed by atoms with Crippen LogP contribution in [0.15, 0.2) is 53.7 Å². The molecule has 1 unspecified atom stereocenters. The van der Waals surface area contributed by atoms with Crippen LogP contribution < -0.4 is 10.5 Å². The summed E-state index contributed by atoms with van der Waals surface area (Å²) in [5, 5.41) is 3.35. The van der Waals surface area contributed by atoms with Crippen molar-refractivity contribution in [2.75, 3.05) is 0 Å². The maximum absolute atomic E-state index is 11.3. The van der Waals surface area contributed by atoms with E-state index in [0.29, 0.717) is 21.9 Å². The number of hydrogen-bond donors (Lipinski definition) is 1. The van der Waals surface area contributed by atoms with Crippen LogP contribution >= 0.6 is 11.6 Å². The molecular formula is C15H13ClN2O3. The van der Waals surface area contributed by atoms with Gasteiger partial charge < -0.3 is 10.5 Å². The zero-order chi connectivity index (χ0) is 15.2. The standard InChI is InChI=1S/C15H13ClN2O3/c16-11-5-3-6-12(8-11)21-9-10-4-1-2-7-13(10)14(18-20)15(17)19/h1-8,14H,9H2,(H2,17,19). The number of amides is 1. The molecule has 108 valence electrons. The largest absolute Gasteiger partial charge is 0.489 e. The van der Waals surface area contributed by atoms with Crippen molar-refractivity contribution in [1.82, 2.24) is 0 Å². The maximum atomic E-state index is 11.3. The van der Waals surface area contributed by atoms with E-state index in [1.807, 2.05) is 0 Å². The highest BCUT2D eigenvalue weighted by Crippen LogP contribution is 2.24. The fraction of sp³-hybridized carbons (Fsp3) is 0.133. The lowest BCUT2D eigenvalue weighted by Crippen LogP contribution is -2.21. The molecule has 0 aliphatic carbocycles. The number of primary amides is 1. The van der Waals surface area contributed by atoms with Crippen molar-refractivity contribution in [2.24, 2.45) is 10.9 Å². The SMILES string of the molecule is NC(=O)C(N=O)c1ccccc1COc1cccc(Cl)c1. The molecule has 0 aromatic heterocycles. The van der Waals surface area contributed by atoms with E-state index in [4.69, 9.17) is 22.1 Å². The second-order valence-corrected chi connectivity index (χ2v) is 4.79. The Morgan fingerprint density at radius 1 is 1.24 bits per heavy atom. The molecule has 2 N–H and O–H groups in total. The number of nitrogens with zero attached hydrogens (tertiary/aromatic N) is 1. The number of rotatable bonds is 6. The van der Waals surface area contributed by atoms with Crippen molar-refractivity contribution < 1.29 is 9.53 Å². The lowest BCUT2D eigenvalue weighted by Gasteiger charge is -2.13. The van der Waals surface area contributed by atoms with Gasteiger partial charge >= 0.3 is 0 Å². The van der Waals surface area contributed by atoms with Crippen LogP contribution in [0, 0.1) is 4.91 Å². The molecule has 2 rings (SSSR count). The Balaban J connectivity index is 2.20. The Kier molecular flexibility index (Phi) is 4.90. The smallest absolute Gasteiger partial charge is 0.250 e. The number of halogens is 1. The fourth-order valence-electron chi connectivity index (χ4n) is 1.91. The van der Waals surface area contributed by atoms with Gasteiger partial charge in [-0.3, -0.25) is 4.79 Å². The number of benzene rings is 2. The first kappa shape index (κ1) is 15.0. The summed E-state index contributed by atoms with van der Waals surface area (Å²) in [7, 11) is 0. The maximum Gasteiger partial charge on any atom is 0.250 e. The summed E-state index contributed by atoms with van der Waals surface area (Å²) in [6.45, 7) is 0.176. The predicted octanol–water partition coefficient (Wildman–Crippen LogP) is 3.21. The molecule has 0 radical (unpaired) electrons. The Morgan fingerprint density at radius 3 is 2.67 bits per heavy atom. The van der Waals surface area contributed by atoms with Crippen LogP contribution in [0.1, 0.15) is 17.2 Å². The first-order valence-corrected chi connectivity index (χ1v) is 6.57. The van der Waals surface area contributed by atoms with Crippen LogP contribution in [0.25, 0.3) is 0 Å². The predicted molar refractivity (Wildman–Crippen MR) is 80.0 cm³/mol. The van der Waals surface area contributed by atoms with E-state index >= 15 is 0 Å². The van der Waals surface area contributed by atoms with Crippen LogP contribution in [0.4, 0.5) is 0 Å². The molecule has 0 aliphatic heterocycles. The van der Waals surface area contributed by atoms with Crippen molar-refractivity contribution in [3.05, 3.63) is 69.6 Å². The van der Waals surface area contributed by atoms with Gasteiger partial charge in [-0.1, -0.05) is 47.1 Å². The van der Waals surface area contributed by atoms with Gasteiger partial charge in [0.1, 0.15) is 12.4 Å². The normalized spacial score (nSPS) is 11.7. The van der Waals surface area contributed by atoms with Crippen LogP contribution in [-0.2, 0) is 11.4 Å². The van der Waals surface area contributed by atoms with Gasteiger partial charge in [0.25, 0.3) is 5.91 Å². The average Bonchev–Trinajstić information content (AvgIpc) is 2.47. The van der Waals surface area contributed by atoms with E-state index in [1.54, 1.807) is 48.5 Å². The lowest BCUT2D eigenvalue weighted by atomic mass is 10.0. The molecule has 1 amide bonds. The van der Waals surface area contributed by atoms with E-state index in [1.165, 1.54) is 0 Å². The topological polar surface area (TPSA) is 81.8 Å². The Morgan fingerprint density at radius 2 is 2.00 bits per heavy atom. The Labute approximate surface area is 126 Å². The van der Waals surface area contributed by atoms with Crippen molar-refractivity contribution in [3.63, 3.8) is 0 Å². The van der Waals surface area contributed by atoms with Crippen LogP contribution in [-0.4, -0.2) is 5.91 Å². The molecule has 0 heterocycles. The van der Waals surface area contributed by atoms with Gasteiger partial charge in [-0.2, -0.15) is 0 Å². The molecule has 21 heavy (non-hydrogen) atoms. The molecular weight excluding hydrogens is 292 g/mol. The van der Waals surface area contributed by atoms with Crippen molar-refractivity contribution in [1.29, 1.82) is 0 Å². The first-order chi connectivity index (χ1) is 10.1. The minimum atomic E-state index is -1.22. The van der Waals surface area contributed by atoms with Crippen LogP contribution in [0.5, 0.6) is 5.75 Å². The Hall–Kier alpha value is -2.40. The van der Waals surface area contributed by atoms with Crippen LogP contribution in [0.2, 0.25) is 5.02 Å². The summed E-state index contributed by atoms with van der Waals surface area (Å²) in [5.74, 6) is -0.202. The summed E-state index contributed by atoms with van der Waals surface area (Å²) in [4.78, 5) is 22.1. The molecule has 0 bridgehead atoms. The fourth-order valence-corrected chi connectivity index (χ4v) is 2.09. The average molecular weight is 305 g/mol. The van der Waals surface area contributed by atoms with Gasteiger partial charge in [0.05, 0.1) is 0 Å². The van der Waals surface area contributed by atoms with E-state index < -0.39 is 11.9 Å². The number of hydrogen-bond acceptors (Lipinski definition) is 4. The van der Waals surface area contributed by atoms with Gasteiger partial charge in [-0.25, -0.2) is 0 Å². The van der Waals surface area contributed by atoms with Crippen molar-refractivity contribution in [2.45, 2.75) is 12.6 Å². The van der Waals surface area contributed by atoms with E-state index in [-0.39, 0.29) is 6.61 Å². The van der Waals surface area contributed by atoms with Gasteiger partial charge in [0.2, 0.25) is 0 Å². The summed E-state index contributed by atoms with van der Waals surface area (Å²) in [5.41, 5.74) is 6.30. The third kappa shape index (κ3) is 3.79. The van der Waals surface area contributed by atoms with Crippen molar-refractivity contribution in [3.8, 4) is 5.75 Å². The molecule has 0 saturated heterocycles. The molecule has 0 fully saturated rings. The molecule has 2 aromatic rings. The summed E-state index contributed by atoms with van der Waals surface area (Å²) in [6.07, 6.45) is 0. The highest BCUT2D eigenvalue weighted by atomic mass is 35.5. The van der Waals surface area contributed by atoms with Gasteiger partial charge in [-0.05, 0) is 29.3 Å².